The Morgan fingerprint density at radius 1 is 1.21 bits per heavy atom. The van der Waals surface area contributed by atoms with E-state index in [1.165, 1.54) is 4.90 Å². The standard InChI is InChI=1S/C20H23F2N3O4/c21-17(22)11-24-7-1-2-14(10-24)29-13-3-4-15-12(8-13)9-25(20(15)28)16-5-6-18(26)23-19(16)27/h3-4,8,14,16-17H,1-2,5-7,9-11H2,(H,23,26,27). The lowest BCUT2D eigenvalue weighted by Gasteiger charge is -2.32. The van der Waals surface area contributed by atoms with Crippen molar-refractivity contribution in [3.8, 4) is 5.75 Å². The Bertz CT molecular complexity index is 832. The number of fused-ring (bicyclic) bond motifs is 1. The van der Waals surface area contributed by atoms with Gasteiger partial charge in [0.2, 0.25) is 11.8 Å². The zero-order valence-electron chi connectivity index (χ0n) is 15.9. The highest BCUT2D eigenvalue weighted by Gasteiger charge is 2.39. The Labute approximate surface area is 167 Å². The lowest BCUT2D eigenvalue weighted by Crippen LogP contribution is -2.52. The number of imide groups is 1. The van der Waals surface area contributed by atoms with Gasteiger partial charge in [-0.1, -0.05) is 0 Å². The number of nitrogens with one attached hydrogen (secondary N) is 1. The largest absolute Gasteiger partial charge is 0.489 e. The van der Waals surface area contributed by atoms with Gasteiger partial charge in [-0.2, -0.15) is 0 Å². The van der Waals surface area contributed by atoms with E-state index >= 15 is 0 Å². The molecule has 3 amide bonds. The van der Waals surface area contributed by atoms with Gasteiger partial charge >= 0.3 is 0 Å². The molecule has 156 valence electrons. The average molecular weight is 407 g/mol. The van der Waals surface area contributed by atoms with Crippen LogP contribution in [0.15, 0.2) is 18.2 Å². The number of ether oxygens (including phenoxy) is 1. The fraction of sp³-hybridized carbons (Fsp3) is 0.550. The van der Waals surface area contributed by atoms with Crippen molar-refractivity contribution in [2.45, 2.75) is 50.8 Å². The fourth-order valence-corrected chi connectivity index (χ4v) is 4.29. The molecule has 2 saturated heterocycles. The van der Waals surface area contributed by atoms with Crippen LogP contribution in [0.25, 0.3) is 0 Å². The normalized spacial score (nSPS) is 25.3. The molecule has 3 aliphatic rings. The molecule has 3 heterocycles. The maximum absolute atomic E-state index is 12.7. The molecule has 29 heavy (non-hydrogen) atoms. The van der Waals surface area contributed by atoms with Gasteiger partial charge in [0.15, 0.2) is 0 Å². The summed E-state index contributed by atoms with van der Waals surface area (Å²) >= 11 is 0. The Hall–Kier alpha value is -2.55. The second-order valence-corrected chi connectivity index (χ2v) is 7.75. The molecule has 2 unspecified atom stereocenters. The quantitative estimate of drug-likeness (QED) is 0.750. The Morgan fingerprint density at radius 3 is 2.79 bits per heavy atom. The van der Waals surface area contributed by atoms with Gasteiger partial charge in [0.1, 0.15) is 17.9 Å². The van der Waals surface area contributed by atoms with E-state index in [-0.39, 0.29) is 37.4 Å². The number of hydrogen-bond donors (Lipinski definition) is 1. The van der Waals surface area contributed by atoms with Gasteiger partial charge in [-0.3, -0.25) is 24.6 Å². The Balaban J connectivity index is 1.42. The number of rotatable bonds is 5. The maximum Gasteiger partial charge on any atom is 0.255 e. The molecule has 1 N–H and O–H groups in total. The highest BCUT2D eigenvalue weighted by Crippen LogP contribution is 2.31. The summed E-state index contributed by atoms with van der Waals surface area (Å²) in [4.78, 5) is 39.4. The van der Waals surface area contributed by atoms with Gasteiger partial charge in [0.05, 0.1) is 6.54 Å². The topological polar surface area (TPSA) is 79.0 Å². The van der Waals surface area contributed by atoms with Crippen LogP contribution < -0.4 is 10.1 Å². The second-order valence-electron chi connectivity index (χ2n) is 7.75. The minimum absolute atomic E-state index is 0.177. The highest BCUT2D eigenvalue weighted by atomic mass is 19.3. The Morgan fingerprint density at radius 2 is 2.03 bits per heavy atom. The van der Waals surface area contributed by atoms with Crippen LogP contribution in [0, 0.1) is 0 Å². The number of likely N-dealkylation sites (tertiary alicyclic amines) is 1. The van der Waals surface area contributed by atoms with Crippen LogP contribution in [0.2, 0.25) is 0 Å². The van der Waals surface area contributed by atoms with Crippen LogP contribution in [0.1, 0.15) is 41.6 Å². The summed E-state index contributed by atoms with van der Waals surface area (Å²) in [5, 5.41) is 2.28. The number of alkyl halides is 2. The van der Waals surface area contributed by atoms with Crippen LogP contribution in [0.3, 0.4) is 0 Å². The van der Waals surface area contributed by atoms with Crippen LogP contribution in [-0.4, -0.2) is 65.7 Å². The van der Waals surface area contributed by atoms with E-state index in [9.17, 15) is 23.2 Å². The van der Waals surface area contributed by atoms with E-state index in [0.717, 1.165) is 18.4 Å². The number of benzene rings is 1. The van der Waals surface area contributed by atoms with Crippen molar-refractivity contribution in [3.63, 3.8) is 0 Å². The SMILES string of the molecule is O=C1CCC(N2Cc3cc(OC4CCCN(CC(F)F)C4)ccc3C2=O)C(=O)N1. The van der Waals surface area contributed by atoms with Gasteiger partial charge in [-0.25, -0.2) is 8.78 Å². The summed E-state index contributed by atoms with van der Waals surface area (Å²) in [6.45, 7) is 1.12. The van der Waals surface area contributed by atoms with Crippen LogP contribution in [0.4, 0.5) is 8.78 Å². The summed E-state index contributed by atoms with van der Waals surface area (Å²) in [6, 6.07) is 4.51. The lowest BCUT2D eigenvalue weighted by atomic mass is 10.0. The van der Waals surface area contributed by atoms with Gasteiger partial charge in [0.25, 0.3) is 12.3 Å². The first-order valence-electron chi connectivity index (χ1n) is 9.85. The van der Waals surface area contributed by atoms with Crippen LogP contribution >= 0.6 is 0 Å². The molecule has 0 bridgehead atoms. The molecule has 0 radical (unpaired) electrons. The van der Waals surface area contributed by atoms with Crippen molar-refractivity contribution in [1.29, 1.82) is 0 Å². The number of carbonyl (C=O) groups is 3. The summed E-state index contributed by atoms with van der Waals surface area (Å²) < 4.78 is 31.3. The molecule has 1 aromatic rings. The van der Waals surface area contributed by atoms with Crippen molar-refractivity contribution in [2.75, 3.05) is 19.6 Å². The third kappa shape index (κ3) is 4.24. The monoisotopic (exact) mass is 407 g/mol. The molecular formula is C20H23F2N3O4. The zero-order chi connectivity index (χ0) is 20.5. The lowest BCUT2D eigenvalue weighted by molar-refractivity contribution is -0.136. The number of halogens is 2. The molecule has 0 saturated carbocycles. The first kappa shape index (κ1) is 19.8. The molecule has 2 atom stereocenters. The smallest absolute Gasteiger partial charge is 0.255 e. The number of amides is 3. The van der Waals surface area contributed by atoms with E-state index in [2.05, 4.69) is 5.32 Å². The van der Waals surface area contributed by atoms with E-state index in [1.807, 2.05) is 0 Å². The van der Waals surface area contributed by atoms with Crippen LogP contribution in [-0.2, 0) is 16.1 Å². The van der Waals surface area contributed by atoms with Crippen molar-refractivity contribution in [1.82, 2.24) is 15.1 Å². The van der Waals surface area contributed by atoms with Crippen molar-refractivity contribution < 1.29 is 27.9 Å². The summed E-state index contributed by atoms with van der Waals surface area (Å²) in [5.41, 5.74) is 1.28. The predicted octanol–water partition coefficient (Wildman–Crippen LogP) is 1.56. The third-order valence-electron chi connectivity index (χ3n) is 5.66. The second kappa shape index (κ2) is 8.06. The summed E-state index contributed by atoms with van der Waals surface area (Å²) in [7, 11) is 0. The Kier molecular flexibility index (Phi) is 5.49. The summed E-state index contributed by atoms with van der Waals surface area (Å²) in [6.07, 6.45) is -0.429. The molecular weight excluding hydrogens is 384 g/mol. The number of piperidine rings is 2. The van der Waals surface area contributed by atoms with Crippen molar-refractivity contribution in [2.24, 2.45) is 0 Å². The molecule has 7 nitrogen and oxygen atoms in total. The van der Waals surface area contributed by atoms with Crippen molar-refractivity contribution in [3.05, 3.63) is 29.3 Å². The molecule has 2 fully saturated rings. The van der Waals surface area contributed by atoms with E-state index in [0.29, 0.717) is 30.8 Å². The average Bonchev–Trinajstić information content (AvgIpc) is 2.97. The van der Waals surface area contributed by atoms with Crippen molar-refractivity contribution >= 4 is 17.7 Å². The number of hydrogen-bond acceptors (Lipinski definition) is 5. The van der Waals surface area contributed by atoms with E-state index in [4.69, 9.17) is 4.74 Å². The molecule has 3 aliphatic heterocycles. The fourth-order valence-electron chi connectivity index (χ4n) is 4.29. The van der Waals surface area contributed by atoms with E-state index < -0.39 is 18.4 Å². The maximum atomic E-state index is 12.7. The first-order chi connectivity index (χ1) is 13.9. The minimum atomic E-state index is -2.36. The molecule has 9 heteroatoms. The van der Waals surface area contributed by atoms with Gasteiger partial charge < -0.3 is 9.64 Å². The zero-order valence-corrected chi connectivity index (χ0v) is 15.9. The number of carbonyl (C=O) groups excluding carboxylic acids is 3. The van der Waals surface area contributed by atoms with Crippen LogP contribution in [0.5, 0.6) is 5.75 Å². The van der Waals surface area contributed by atoms with Gasteiger partial charge in [-0.15, -0.1) is 0 Å². The first-order valence-corrected chi connectivity index (χ1v) is 9.85. The molecule has 1 aromatic carbocycles. The summed E-state index contributed by atoms with van der Waals surface area (Å²) in [5.74, 6) is -0.410. The minimum Gasteiger partial charge on any atom is -0.489 e. The predicted molar refractivity (Wildman–Crippen MR) is 98.6 cm³/mol. The molecule has 4 rings (SSSR count). The van der Waals surface area contributed by atoms with Gasteiger partial charge in [-0.05, 0) is 49.6 Å². The molecule has 0 aromatic heterocycles. The van der Waals surface area contributed by atoms with E-state index in [1.54, 1.807) is 23.1 Å². The third-order valence-corrected chi connectivity index (χ3v) is 5.66. The highest BCUT2D eigenvalue weighted by molar-refractivity contribution is 6.05. The van der Waals surface area contributed by atoms with Gasteiger partial charge in [0, 0.05) is 25.1 Å². The molecule has 0 aliphatic carbocycles. The number of nitrogens with zero attached hydrogens (tertiary/aromatic N) is 2. The molecule has 0 spiro atoms.